The summed E-state index contributed by atoms with van der Waals surface area (Å²) in [5, 5.41) is 24.5. The molecule has 0 aromatic heterocycles. The summed E-state index contributed by atoms with van der Waals surface area (Å²) in [7, 11) is 0. The van der Waals surface area contributed by atoms with Gasteiger partial charge in [0, 0.05) is 6.42 Å². The standard InChI is InChI=1S/C20H31NO2/c22-20(18-10-4-1-5-11-18,19-12-6-2-7-13-19)14-17-21(23)15-8-3-9-16-21/h1,4-5,10-11,19,22H,2-3,6-9,12-17H2. The Bertz CT molecular complexity index is 478. The van der Waals surface area contributed by atoms with Gasteiger partial charge in [0.15, 0.2) is 0 Å². The quantitative estimate of drug-likeness (QED) is 0.648. The molecule has 1 saturated carbocycles. The Morgan fingerprint density at radius 3 is 2.22 bits per heavy atom. The van der Waals surface area contributed by atoms with Crippen molar-refractivity contribution in [1.29, 1.82) is 0 Å². The van der Waals surface area contributed by atoms with Crippen molar-refractivity contribution in [2.45, 2.75) is 63.4 Å². The van der Waals surface area contributed by atoms with Crippen LogP contribution >= 0.6 is 0 Å². The van der Waals surface area contributed by atoms with Crippen molar-refractivity contribution < 1.29 is 9.75 Å². The summed E-state index contributed by atoms with van der Waals surface area (Å²) in [5.74, 6) is 0.301. The molecule has 23 heavy (non-hydrogen) atoms. The molecular weight excluding hydrogens is 286 g/mol. The highest BCUT2D eigenvalue weighted by Gasteiger charge is 2.40. The summed E-state index contributed by atoms with van der Waals surface area (Å²) < 4.78 is -0.0954. The maximum Gasteiger partial charge on any atom is 0.0978 e. The van der Waals surface area contributed by atoms with Crippen molar-refractivity contribution in [2.24, 2.45) is 5.92 Å². The van der Waals surface area contributed by atoms with Crippen molar-refractivity contribution in [1.82, 2.24) is 0 Å². The zero-order chi connectivity index (χ0) is 16.2. The molecule has 3 heteroatoms. The number of aliphatic hydroxyl groups is 1. The van der Waals surface area contributed by atoms with E-state index in [1.54, 1.807) is 0 Å². The number of hydrogen-bond donors (Lipinski definition) is 1. The predicted molar refractivity (Wildman–Crippen MR) is 93.6 cm³/mol. The molecule has 3 rings (SSSR count). The normalized spacial score (nSPS) is 25.0. The molecule has 1 aromatic rings. The lowest BCUT2D eigenvalue weighted by atomic mass is 9.71. The van der Waals surface area contributed by atoms with Crippen molar-refractivity contribution >= 4 is 0 Å². The van der Waals surface area contributed by atoms with Crippen LogP contribution in [0.4, 0.5) is 0 Å². The molecule has 0 radical (unpaired) electrons. The third kappa shape index (κ3) is 3.96. The maximum atomic E-state index is 12.9. The number of quaternary nitrogens is 1. The van der Waals surface area contributed by atoms with E-state index in [0.717, 1.165) is 44.3 Å². The van der Waals surface area contributed by atoms with Gasteiger partial charge in [0.2, 0.25) is 0 Å². The van der Waals surface area contributed by atoms with E-state index in [2.05, 4.69) is 0 Å². The average Bonchev–Trinajstić information content (AvgIpc) is 2.62. The number of likely N-dealkylation sites (tertiary alicyclic amines) is 1. The Morgan fingerprint density at radius 2 is 1.57 bits per heavy atom. The summed E-state index contributed by atoms with van der Waals surface area (Å²) in [4.78, 5) is 0. The topological polar surface area (TPSA) is 43.3 Å². The van der Waals surface area contributed by atoms with Gasteiger partial charge in [-0.3, -0.25) is 0 Å². The number of hydroxylamine groups is 3. The second-order valence-corrected chi connectivity index (χ2v) is 7.66. The van der Waals surface area contributed by atoms with Gasteiger partial charge >= 0.3 is 0 Å². The second-order valence-electron chi connectivity index (χ2n) is 7.66. The van der Waals surface area contributed by atoms with Crippen LogP contribution in [-0.2, 0) is 5.60 Å². The van der Waals surface area contributed by atoms with Gasteiger partial charge in [0.1, 0.15) is 0 Å². The zero-order valence-electron chi connectivity index (χ0n) is 14.3. The molecule has 1 unspecified atom stereocenters. The van der Waals surface area contributed by atoms with E-state index in [-0.39, 0.29) is 4.65 Å². The molecule has 1 N–H and O–H groups in total. The van der Waals surface area contributed by atoms with Crippen molar-refractivity contribution in [3.63, 3.8) is 0 Å². The van der Waals surface area contributed by atoms with Crippen LogP contribution in [0.2, 0.25) is 0 Å². The van der Waals surface area contributed by atoms with Gasteiger partial charge in [-0.1, -0.05) is 49.6 Å². The fourth-order valence-corrected chi connectivity index (χ4v) is 4.58. The lowest BCUT2D eigenvalue weighted by Gasteiger charge is -2.48. The predicted octanol–water partition coefficient (Wildman–Crippen LogP) is 4.34. The highest BCUT2D eigenvalue weighted by Crippen LogP contribution is 2.42. The molecule has 1 aliphatic carbocycles. The SMILES string of the molecule is [O-][N+]1(CCC(O)(c2ccccc2)C2CCCCC2)CCCCC1. The molecular formula is C20H31NO2. The van der Waals surface area contributed by atoms with Crippen LogP contribution in [0.5, 0.6) is 0 Å². The summed E-state index contributed by atoms with van der Waals surface area (Å²) in [6.07, 6.45) is 9.73. The number of benzene rings is 1. The van der Waals surface area contributed by atoms with Gasteiger partial charge in [-0.05, 0) is 43.6 Å². The molecule has 2 fully saturated rings. The van der Waals surface area contributed by atoms with Crippen LogP contribution in [0, 0.1) is 11.1 Å². The van der Waals surface area contributed by atoms with Crippen LogP contribution in [0.1, 0.15) is 63.4 Å². The second kappa shape index (κ2) is 7.33. The maximum absolute atomic E-state index is 12.9. The third-order valence-electron chi connectivity index (χ3n) is 6.09. The molecule has 1 heterocycles. The molecule has 1 atom stereocenters. The number of hydrogen-bond acceptors (Lipinski definition) is 2. The van der Waals surface area contributed by atoms with E-state index in [1.165, 1.54) is 25.7 Å². The zero-order valence-corrected chi connectivity index (χ0v) is 14.3. The van der Waals surface area contributed by atoms with Crippen molar-refractivity contribution in [2.75, 3.05) is 19.6 Å². The molecule has 1 saturated heterocycles. The minimum atomic E-state index is -0.825. The Kier molecular flexibility index (Phi) is 5.40. The Hall–Kier alpha value is -0.900. The Balaban J connectivity index is 1.77. The van der Waals surface area contributed by atoms with E-state index >= 15 is 0 Å². The molecule has 1 aromatic carbocycles. The van der Waals surface area contributed by atoms with Crippen molar-refractivity contribution in [3.05, 3.63) is 41.1 Å². The third-order valence-corrected chi connectivity index (χ3v) is 6.09. The van der Waals surface area contributed by atoms with Crippen molar-refractivity contribution in [3.8, 4) is 0 Å². The molecule has 0 bridgehead atoms. The first-order valence-corrected chi connectivity index (χ1v) is 9.47. The fraction of sp³-hybridized carbons (Fsp3) is 0.700. The molecule has 3 nitrogen and oxygen atoms in total. The molecule has 2 aliphatic rings. The summed E-state index contributed by atoms with van der Waals surface area (Å²) >= 11 is 0. The van der Waals surface area contributed by atoms with Gasteiger partial charge in [-0.2, -0.15) is 0 Å². The molecule has 128 valence electrons. The highest BCUT2D eigenvalue weighted by molar-refractivity contribution is 5.23. The van der Waals surface area contributed by atoms with Crippen LogP contribution in [-0.4, -0.2) is 29.4 Å². The van der Waals surface area contributed by atoms with Gasteiger partial charge in [-0.15, -0.1) is 0 Å². The first kappa shape index (κ1) is 16.9. The minimum absolute atomic E-state index is 0.0954. The van der Waals surface area contributed by atoms with Gasteiger partial charge in [0.25, 0.3) is 0 Å². The van der Waals surface area contributed by atoms with Crippen LogP contribution in [0.15, 0.2) is 30.3 Å². The average molecular weight is 317 g/mol. The smallest absolute Gasteiger partial charge is 0.0978 e. The first-order chi connectivity index (χ1) is 11.1. The van der Waals surface area contributed by atoms with E-state index < -0.39 is 5.60 Å². The Morgan fingerprint density at radius 1 is 0.957 bits per heavy atom. The number of piperidine rings is 1. The van der Waals surface area contributed by atoms with E-state index in [0.29, 0.717) is 18.9 Å². The highest BCUT2D eigenvalue weighted by atomic mass is 16.5. The van der Waals surface area contributed by atoms with Crippen LogP contribution < -0.4 is 0 Å². The summed E-state index contributed by atoms with van der Waals surface area (Å²) in [5.41, 5.74) is 0.185. The number of rotatable bonds is 5. The van der Waals surface area contributed by atoms with Crippen LogP contribution in [0.25, 0.3) is 0 Å². The van der Waals surface area contributed by atoms with E-state index in [4.69, 9.17) is 0 Å². The summed E-state index contributed by atoms with van der Waals surface area (Å²) in [6, 6.07) is 10.1. The van der Waals surface area contributed by atoms with Gasteiger partial charge < -0.3 is 15.0 Å². The molecule has 0 spiro atoms. The molecule has 0 amide bonds. The van der Waals surface area contributed by atoms with Crippen LogP contribution in [0.3, 0.4) is 0 Å². The van der Waals surface area contributed by atoms with Gasteiger partial charge in [-0.25, -0.2) is 0 Å². The largest absolute Gasteiger partial charge is 0.633 e. The monoisotopic (exact) mass is 317 g/mol. The fourth-order valence-electron chi connectivity index (χ4n) is 4.58. The lowest BCUT2D eigenvalue weighted by Crippen LogP contribution is -2.50. The van der Waals surface area contributed by atoms with Gasteiger partial charge in [0.05, 0.1) is 25.2 Å². The Labute approximate surface area is 140 Å². The van der Waals surface area contributed by atoms with E-state index in [9.17, 15) is 10.3 Å². The first-order valence-electron chi connectivity index (χ1n) is 9.47. The molecule has 1 aliphatic heterocycles. The van der Waals surface area contributed by atoms with E-state index in [1.807, 2.05) is 30.3 Å². The summed E-state index contributed by atoms with van der Waals surface area (Å²) in [6.45, 7) is 2.02. The minimum Gasteiger partial charge on any atom is -0.633 e. The number of nitrogens with zero attached hydrogens (tertiary/aromatic N) is 1. The lowest BCUT2D eigenvalue weighted by molar-refractivity contribution is -0.886.